The van der Waals surface area contributed by atoms with Gasteiger partial charge in [-0.3, -0.25) is 5.11 Å². The first kappa shape index (κ1) is 9.70. The Labute approximate surface area is 72.6 Å². The number of rotatable bonds is 2. The summed E-state index contributed by atoms with van der Waals surface area (Å²) in [6.45, 7) is -1.34. The summed E-state index contributed by atoms with van der Waals surface area (Å²) in [6, 6.07) is 4.69. The lowest BCUT2D eigenvalue weighted by Crippen LogP contribution is -2.19. The van der Waals surface area contributed by atoms with E-state index in [9.17, 15) is 18.3 Å². The summed E-state index contributed by atoms with van der Waals surface area (Å²) in [7, 11) is 0. The summed E-state index contributed by atoms with van der Waals surface area (Å²) in [6.07, 6.45) is -4.35. The topological polar surface area (TPSA) is 29.1 Å². The van der Waals surface area contributed by atoms with E-state index in [0.29, 0.717) is 0 Å². The largest absolute Gasteiger partial charge is 0.484 e. The van der Waals surface area contributed by atoms with Crippen LogP contribution >= 0.6 is 0 Å². The van der Waals surface area contributed by atoms with Gasteiger partial charge in [-0.1, -0.05) is 0 Å². The highest BCUT2D eigenvalue weighted by molar-refractivity contribution is 5.29. The van der Waals surface area contributed by atoms with Gasteiger partial charge in [0, 0.05) is 0 Å². The van der Waals surface area contributed by atoms with Crippen molar-refractivity contribution in [2.75, 3.05) is 6.61 Å². The van der Waals surface area contributed by atoms with Gasteiger partial charge < -0.3 is 4.74 Å². The number of alkyl halides is 3. The highest BCUT2D eigenvalue weighted by atomic mass is 19.4. The van der Waals surface area contributed by atoms with Crippen LogP contribution in [-0.2, 0) is 5.11 Å². The first-order chi connectivity index (χ1) is 5.97. The fourth-order valence-electron chi connectivity index (χ4n) is 0.701. The third kappa shape index (κ3) is 3.68. The molecule has 0 fully saturated rings. The molecule has 0 saturated carbocycles. The van der Waals surface area contributed by atoms with Crippen LogP contribution in [0.1, 0.15) is 0 Å². The maximum atomic E-state index is 11.6. The molecule has 13 heavy (non-hydrogen) atoms. The van der Waals surface area contributed by atoms with Crippen molar-refractivity contribution in [3.63, 3.8) is 0 Å². The van der Waals surface area contributed by atoms with Crippen molar-refractivity contribution in [2.24, 2.45) is 0 Å². The van der Waals surface area contributed by atoms with Gasteiger partial charge in [0.05, 0.1) is 0 Å². The Morgan fingerprint density at radius 3 is 2.15 bits per heavy atom. The standard InChI is InChI=1S/C8H6F3O2/c9-8(10,11)5-13-7-3-1-6(12)2-4-7/h1-4H,5H2. The van der Waals surface area contributed by atoms with E-state index in [1.807, 2.05) is 0 Å². The molecular weight excluding hydrogens is 185 g/mol. The van der Waals surface area contributed by atoms with Crippen LogP contribution in [0.25, 0.3) is 0 Å². The molecule has 0 aromatic heterocycles. The van der Waals surface area contributed by atoms with Crippen LogP contribution in [0.3, 0.4) is 0 Å². The molecule has 1 rings (SSSR count). The average molecular weight is 191 g/mol. The van der Waals surface area contributed by atoms with Crippen LogP contribution in [0, 0.1) is 0 Å². The number of halogens is 3. The van der Waals surface area contributed by atoms with Crippen molar-refractivity contribution in [3.05, 3.63) is 24.3 Å². The van der Waals surface area contributed by atoms with E-state index in [0.717, 1.165) is 12.1 Å². The molecule has 0 atom stereocenters. The lowest BCUT2D eigenvalue weighted by Gasteiger charge is -2.08. The summed E-state index contributed by atoms with van der Waals surface area (Å²) >= 11 is 0. The maximum absolute atomic E-state index is 11.6. The van der Waals surface area contributed by atoms with Crippen molar-refractivity contribution in [1.82, 2.24) is 0 Å². The van der Waals surface area contributed by atoms with E-state index in [2.05, 4.69) is 4.74 Å². The maximum Gasteiger partial charge on any atom is 0.422 e. The summed E-state index contributed by atoms with van der Waals surface area (Å²) in [5.74, 6) is -0.226. The molecule has 1 radical (unpaired) electrons. The fourth-order valence-corrected chi connectivity index (χ4v) is 0.701. The minimum Gasteiger partial charge on any atom is -0.484 e. The Bertz CT molecular complexity index is 266. The Morgan fingerprint density at radius 1 is 1.15 bits per heavy atom. The molecule has 2 nitrogen and oxygen atoms in total. The molecule has 71 valence electrons. The molecular formula is C8H6F3O2. The average Bonchev–Trinajstić information content (AvgIpc) is 2.02. The van der Waals surface area contributed by atoms with Gasteiger partial charge in [-0.25, -0.2) is 0 Å². The highest BCUT2D eigenvalue weighted by Gasteiger charge is 2.28. The van der Waals surface area contributed by atoms with Gasteiger partial charge in [0.25, 0.3) is 0 Å². The monoisotopic (exact) mass is 191 g/mol. The predicted octanol–water partition coefficient (Wildman–Crippen LogP) is 2.77. The minimum absolute atomic E-state index is 0.0388. The number of hydrogen-bond donors (Lipinski definition) is 0. The number of benzene rings is 1. The van der Waals surface area contributed by atoms with Gasteiger partial charge in [-0.05, 0) is 24.3 Å². The molecule has 0 unspecified atom stereocenters. The van der Waals surface area contributed by atoms with Gasteiger partial charge >= 0.3 is 6.18 Å². The van der Waals surface area contributed by atoms with Crippen molar-refractivity contribution in [2.45, 2.75) is 6.18 Å². The van der Waals surface area contributed by atoms with Crippen molar-refractivity contribution in [3.8, 4) is 11.5 Å². The quantitative estimate of drug-likeness (QED) is 0.706. The Balaban J connectivity index is 2.51. The van der Waals surface area contributed by atoms with Gasteiger partial charge in [-0.2, -0.15) is 13.2 Å². The van der Waals surface area contributed by atoms with Crippen LogP contribution < -0.4 is 4.74 Å². The van der Waals surface area contributed by atoms with Gasteiger partial charge in [0.1, 0.15) is 5.75 Å². The predicted molar refractivity (Wildman–Crippen MR) is 38.1 cm³/mol. The fraction of sp³-hybridized carbons (Fsp3) is 0.250. The van der Waals surface area contributed by atoms with Crippen molar-refractivity contribution >= 4 is 0 Å². The van der Waals surface area contributed by atoms with Crippen molar-refractivity contribution < 1.29 is 23.0 Å². The normalized spacial score (nSPS) is 11.3. The first-order valence-corrected chi connectivity index (χ1v) is 3.44. The van der Waals surface area contributed by atoms with Gasteiger partial charge in [0.2, 0.25) is 0 Å². The summed E-state index contributed by atoms with van der Waals surface area (Å²) in [5, 5.41) is 10.5. The summed E-state index contributed by atoms with van der Waals surface area (Å²) in [5.41, 5.74) is 0. The van der Waals surface area contributed by atoms with Crippen LogP contribution in [0.2, 0.25) is 0 Å². The van der Waals surface area contributed by atoms with E-state index in [1.54, 1.807) is 0 Å². The molecule has 0 bridgehead atoms. The third-order valence-electron chi connectivity index (χ3n) is 1.23. The van der Waals surface area contributed by atoms with Crippen molar-refractivity contribution in [1.29, 1.82) is 0 Å². The Morgan fingerprint density at radius 2 is 1.69 bits per heavy atom. The molecule has 0 N–H and O–H groups in total. The second-order valence-corrected chi connectivity index (χ2v) is 2.38. The summed E-state index contributed by atoms with van der Waals surface area (Å²) < 4.78 is 39.3. The zero-order chi connectivity index (χ0) is 9.90. The molecule has 1 aromatic rings. The zero-order valence-corrected chi connectivity index (χ0v) is 6.47. The molecule has 0 heterocycles. The van der Waals surface area contributed by atoms with Gasteiger partial charge in [0.15, 0.2) is 12.4 Å². The second kappa shape index (κ2) is 3.55. The Hall–Kier alpha value is -1.39. The van der Waals surface area contributed by atoms with Crippen LogP contribution in [0.4, 0.5) is 13.2 Å². The molecule has 0 spiro atoms. The first-order valence-electron chi connectivity index (χ1n) is 3.44. The molecule has 0 aliphatic heterocycles. The second-order valence-electron chi connectivity index (χ2n) is 2.38. The molecule has 0 aliphatic carbocycles. The van der Waals surface area contributed by atoms with Crippen LogP contribution in [0.15, 0.2) is 24.3 Å². The molecule has 5 heteroatoms. The number of hydrogen-bond acceptors (Lipinski definition) is 1. The van der Waals surface area contributed by atoms with E-state index in [4.69, 9.17) is 0 Å². The van der Waals surface area contributed by atoms with E-state index < -0.39 is 12.8 Å². The molecule has 0 amide bonds. The van der Waals surface area contributed by atoms with Crippen LogP contribution in [-0.4, -0.2) is 12.8 Å². The van der Waals surface area contributed by atoms with Crippen LogP contribution in [0.5, 0.6) is 11.5 Å². The number of ether oxygens (including phenoxy) is 1. The minimum atomic E-state index is -4.35. The molecule has 1 aromatic carbocycles. The lowest BCUT2D eigenvalue weighted by molar-refractivity contribution is -0.153. The zero-order valence-electron chi connectivity index (χ0n) is 6.47. The SMILES string of the molecule is [O]c1ccc(OCC(F)(F)F)cc1. The van der Waals surface area contributed by atoms with Gasteiger partial charge in [-0.15, -0.1) is 0 Å². The molecule has 0 saturated heterocycles. The molecule has 0 aliphatic rings. The lowest BCUT2D eigenvalue weighted by atomic mass is 10.3. The van der Waals surface area contributed by atoms with E-state index in [-0.39, 0.29) is 11.5 Å². The smallest absolute Gasteiger partial charge is 0.422 e. The van der Waals surface area contributed by atoms with E-state index >= 15 is 0 Å². The highest BCUT2D eigenvalue weighted by Crippen LogP contribution is 2.20. The summed E-state index contributed by atoms with van der Waals surface area (Å²) in [4.78, 5) is 0. The van der Waals surface area contributed by atoms with E-state index in [1.165, 1.54) is 12.1 Å². The third-order valence-corrected chi connectivity index (χ3v) is 1.23. The Kier molecular flexibility index (Phi) is 2.65.